The molecule has 0 radical (unpaired) electrons. The summed E-state index contributed by atoms with van der Waals surface area (Å²) in [6.07, 6.45) is -0.0622. The molecule has 3 aromatic carbocycles. The number of nitrogens with zero attached hydrogens (tertiary/aromatic N) is 2. The Bertz CT molecular complexity index is 1340. The average Bonchev–Trinajstić information content (AvgIpc) is 3.19. The molecule has 1 fully saturated rings. The van der Waals surface area contributed by atoms with E-state index in [1.807, 2.05) is 38.1 Å². The molecule has 1 aliphatic heterocycles. The quantitative estimate of drug-likeness (QED) is 0.216. The number of carbonyl (C=O) groups excluding carboxylic acids is 2. The Hall–Kier alpha value is -4.26. The summed E-state index contributed by atoms with van der Waals surface area (Å²) in [6, 6.07) is 20.8. The van der Waals surface area contributed by atoms with E-state index in [1.165, 1.54) is 12.0 Å². The van der Waals surface area contributed by atoms with E-state index in [0.29, 0.717) is 28.3 Å². The predicted octanol–water partition coefficient (Wildman–Crippen LogP) is 5.95. The number of methoxy groups -OCH3 is 1. The van der Waals surface area contributed by atoms with Crippen LogP contribution in [0, 0.1) is 0 Å². The normalized spacial score (nSPS) is 16.7. The number of aliphatic hydroxyl groups excluding tert-OH is 1. The predicted molar refractivity (Wildman–Crippen MR) is 150 cm³/mol. The van der Waals surface area contributed by atoms with Crippen LogP contribution in [-0.2, 0) is 9.59 Å². The van der Waals surface area contributed by atoms with Gasteiger partial charge in [-0.2, -0.15) is 0 Å². The number of aliphatic hydroxyl groups is 1. The summed E-state index contributed by atoms with van der Waals surface area (Å²) in [4.78, 5) is 30.7. The topological polar surface area (TPSA) is 79.3 Å². The first-order chi connectivity index (χ1) is 18.3. The number of hydrogen-bond donors (Lipinski definition) is 1. The maximum absolute atomic E-state index is 13.5. The van der Waals surface area contributed by atoms with Crippen LogP contribution in [0.15, 0.2) is 78.4 Å². The van der Waals surface area contributed by atoms with Crippen molar-refractivity contribution in [3.63, 3.8) is 0 Å². The molecule has 1 N–H and O–H groups in total. The van der Waals surface area contributed by atoms with Crippen LogP contribution >= 0.6 is 0 Å². The molecule has 0 saturated carbocycles. The highest BCUT2D eigenvalue weighted by molar-refractivity contribution is 6.52. The van der Waals surface area contributed by atoms with Crippen LogP contribution in [0.3, 0.4) is 0 Å². The first-order valence-corrected chi connectivity index (χ1v) is 12.9. The molecule has 7 nitrogen and oxygen atoms in total. The van der Waals surface area contributed by atoms with Crippen LogP contribution in [0.5, 0.6) is 11.5 Å². The fraction of sp³-hybridized carbons (Fsp3) is 0.290. The second kappa shape index (κ2) is 11.4. The zero-order chi connectivity index (χ0) is 27.4. The first kappa shape index (κ1) is 26.8. The highest BCUT2D eigenvalue weighted by atomic mass is 16.5. The van der Waals surface area contributed by atoms with Gasteiger partial charge < -0.3 is 19.5 Å². The van der Waals surface area contributed by atoms with Crippen LogP contribution in [0.4, 0.5) is 11.4 Å². The first-order valence-electron chi connectivity index (χ1n) is 12.9. The number of ether oxygens (including phenoxy) is 2. The molecular formula is C31H34N2O5. The lowest BCUT2D eigenvalue weighted by Crippen LogP contribution is -2.30. The van der Waals surface area contributed by atoms with Crippen molar-refractivity contribution in [2.45, 2.75) is 39.8 Å². The molecule has 1 heterocycles. The van der Waals surface area contributed by atoms with Crippen LogP contribution < -0.4 is 19.3 Å². The molecule has 4 rings (SSSR count). The van der Waals surface area contributed by atoms with Crippen molar-refractivity contribution in [1.82, 2.24) is 0 Å². The minimum Gasteiger partial charge on any atom is -0.507 e. The number of rotatable bonds is 9. The number of Topliss-reactive ketones (excluding diaryl/α,β-unsaturated/α-hetero) is 1. The maximum Gasteiger partial charge on any atom is 0.300 e. The standard InChI is InChI=1S/C31H34N2O5/c1-6-32(7-2)23-17-15-21(16-18-23)28-27(29(34)22-11-10-12-24(19-22)38-20(3)4)30(35)31(36)33(28)25-13-8-9-14-26(25)37-5/h8-20,28,34H,6-7H2,1-5H3/b29-27-. The third-order valence-electron chi connectivity index (χ3n) is 6.61. The summed E-state index contributed by atoms with van der Waals surface area (Å²) < 4.78 is 11.3. The van der Waals surface area contributed by atoms with E-state index in [2.05, 4.69) is 18.7 Å². The highest BCUT2D eigenvalue weighted by Crippen LogP contribution is 2.45. The molecule has 1 atom stereocenters. The lowest BCUT2D eigenvalue weighted by atomic mass is 9.94. The Morgan fingerprint density at radius 1 is 0.974 bits per heavy atom. The average molecular weight is 515 g/mol. The highest BCUT2D eigenvalue weighted by Gasteiger charge is 2.47. The van der Waals surface area contributed by atoms with Gasteiger partial charge in [-0.1, -0.05) is 36.4 Å². The summed E-state index contributed by atoms with van der Waals surface area (Å²) in [7, 11) is 1.52. The fourth-order valence-corrected chi connectivity index (χ4v) is 4.83. The van der Waals surface area contributed by atoms with Crippen molar-refractivity contribution in [3.05, 3.63) is 89.5 Å². The number of hydrogen-bond acceptors (Lipinski definition) is 6. The largest absolute Gasteiger partial charge is 0.507 e. The van der Waals surface area contributed by atoms with Crippen molar-refractivity contribution >= 4 is 28.8 Å². The van der Waals surface area contributed by atoms with E-state index < -0.39 is 17.7 Å². The fourth-order valence-electron chi connectivity index (χ4n) is 4.83. The number of carbonyl (C=O) groups is 2. The molecule has 3 aromatic rings. The Labute approximate surface area is 223 Å². The molecule has 38 heavy (non-hydrogen) atoms. The van der Waals surface area contributed by atoms with E-state index in [9.17, 15) is 14.7 Å². The third-order valence-corrected chi connectivity index (χ3v) is 6.61. The minimum absolute atomic E-state index is 0.0122. The van der Waals surface area contributed by atoms with Crippen LogP contribution in [-0.4, -0.2) is 43.1 Å². The molecule has 198 valence electrons. The van der Waals surface area contributed by atoms with Gasteiger partial charge in [0.05, 0.1) is 30.5 Å². The molecule has 0 aliphatic carbocycles. The summed E-state index contributed by atoms with van der Waals surface area (Å²) >= 11 is 0. The van der Waals surface area contributed by atoms with Gasteiger partial charge in [-0.05, 0) is 69.7 Å². The lowest BCUT2D eigenvalue weighted by molar-refractivity contribution is -0.132. The Balaban J connectivity index is 1.91. The third kappa shape index (κ3) is 5.09. The summed E-state index contributed by atoms with van der Waals surface area (Å²) in [6.45, 7) is 9.70. The second-order valence-electron chi connectivity index (χ2n) is 9.30. The lowest BCUT2D eigenvalue weighted by Gasteiger charge is -2.27. The monoisotopic (exact) mass is 514 g/mol. The number of benzene rings is 3. The van der Waals surface area contributed by atoms with E-state index in [0.717, 1.165) is 18.8 Å². The molecule has 1 aliphatic rings. The summed E-state index contributed by atoms with van der Waals surface area (Å²) in [5.41, 5.74) is 2.59. The van der Waals surface area contributed by atoms with Gasteiger partial charge in [0.2, 0.25) is 0 Å². The number of ketones is 1. The zero-order valence-corrected chi connectivity index (χ0v) is 22.5. The van der Waals surface area contributed by atoms with Crippen molar-refractivity contribution in [3.8, 4) is 11.5 Å². The van der Waals surface area contributed by atoms with E-state index in [-0.39, 0.29) is 17.4 Å². The van der Waals surface area contributed by atoms with E-state index in [1.54, 1.807) is 48.5 Å². The molecule has 7 heteroatoms. The van der Waals surface area contributed by atoms with Gasteiger partial charge in [-0.25, -0.2) is 0 Å². The van der Waals surface area contributed by atoms with Gasteiger partial charge in [0, 0.05) is 24.3 Å². The Morgan fingerprint density at radius 3 is 2.29 bits per heavy atom. The Kier molecular flexibility index (Phi) is 8.05. The van der Waals surface area contributed by atoms with Gasteiger partial charge in [0.1, 0.15) is 17.3 Å². The van der Waals surface area contributed by atoms with Crippen molar-refractivity contribution in [2.75, 3.05) is 30.0 Å². The molecule has 0 spiro atoms. The summed E-state index contributed by atoms with van der Waals surface area (Å²) in [5, 5.41) is 11.5. The molecular weight excluding hydrogens is 480 g/mol. The SMILES string of the molecule is CCN(CC)c1ccc(C2/C(=C(/O)c3cccc(OC(C)C)c3)C(=O)C(=O)N2c2ccccc2OC)cc1. The molecule has 0 aromatic heterocycles. The van der Waals surface area contributed by atoms with Gasteiger partial charge in [0.25, 0.3) is 11.7 Å². The smallest absolute Gasteiger partial charge is 0.300 e. The van der Waals surface area contributed by atoms with Crippen LogP contribution in [0.1, 0.15) is 44.9 Å². The number of anilines is 2. The van der Waals surface area contributed by atoms with Crippen molar-refractivity contribution in [1.29, 1.82) is 0 Å². The maximum atomic E-state index is 13.5. The van der Waals surface area contributed by atoms with Crippen LogP contribution in [0.2, 0.25) is 0 Å². The molecule has 1 amide bonds. The number of amides is 1. The summed E-state index contributed by atoms with van der Waals surface area (Å²) in [5.74, 6) is -0.743. The molecule has 0 bridgehead atoms. The minimum atomic E-state index is -0.855. The number of para-hydroxylation sites is 2. The van der Waals surface area contributed by atoms with Gasteiger partial charge in [-0.15, -0.1) is 0 Å². The van der Waals surface area contributed by atoms with Gasteiger partial charge >= 0.3 is 0 Å². The van der Waals surface area contributed by atoms with Gasteiger partial charge in [-0.3, -0.25) is 14.5 Å². The molecule has 1 unspecified atom stereocenters. The van der Waals surface area contributed by atoms with E-state index in [4.69, 9.17) is 9.47 Å². The molecule has 1 saturated heterocycles. The van der Waals surface area contributed by atoms with Crippen molar-refractivity contribution < 1.29 is 24.2 Å². The van der Waals surface area contributed by atoms with Gasteiger partial charge in [0.15, 0.2) is 0 Å². The Morgan fingerprint density at radius 2 is 1.66 bits per heavy atom. The van der Waals surface area contributed by atoms with E-state index >= 15 is 0 Å². The second-order valence-corrected chi connectivity index (χ2v) is 9.30. The van der Waals surface area contributed by atoms with Crippen molar-refractivity contribution in [2.24, 2.45) is 0 Å². The zero-order valence-electron chi connectivity index (χ0n) is 22.5. The van der Waals surface area contributed by atoms with Crippen LogP contribution in [0.25, 0.3) is 5.76 Å².